The summed E-state index contributed by atoms with van der Waals surface area (Å²) in [5.41, 5.74) is 5.51. The van der Waals surface area contributed by atoms with E-state index in [4.69, 9.17) is 4.74 Å². The Morgan fingerprint density at radius 3 is 2.74 bits per heavy atom. The number of hydrogen-bond donors (Lipinski definition) is 0. The minimum Gasteiger partial charge on any atom is -0.378 e. The Bertz CT molecular complexity index is 1390. The van der Waals surface area contributed by atoms with Gasteiger partial charge in [0, 0.05) is 38.0 Å². The molecule has 9 heteroatoms. The van der Waals surface area contributed by atoms with Crippen LogP contribution in [0.3, 0.4) is 0 Å². The van der Waals surface area contributed by atoms with Crippen molar-refractivity contribution >= 4 is 39.5 Å². The summed E-state index contributed by atoms with van der Waals surface area (Å²) < 4.78 is 8.79. The van der Waals surface area contributed by atoms with Crippen LogP contribution in [0, 0.1) is 10.1 Å². The van der Waals surface area contributed by atoms with Gasteiger partial charge in [0.2, 0.25) is 4.80 Å². The summed E-state index contributed by atoms with van der Waals surface area (Å²) in [5.74, 6) is 0. The minimum atomic E-state index is -0.358. The molecule has 3 aromatic rings. The molecule has 1 fully saturated rings. The number of nitro benzene ring substituents is 1. The van der Waals surface area contributed by atoms with Crippen LogP contribution in [0.4, 0.5) is 5.69 Å². The third kappa shape index (κ3) is 4.57. The van der Waals surface area contributed by atoms with Crippen LogP contribution < -0.4 is 4.80 Å². The van der Waals surface area contributed by atoms with E-state index in [0.717, 1.165) is 58.7 Å². The van der Waals surface area contributed by atoms with Gasteiger partial charge < -0.3 is 14.2 Å². The second kappa shape index (κ2) is 9.74. The molecule has 1 saturated heterocycles. The van der Waals surface area contributed by atoms with E-state index < -0.39 is 0 Å². The maximum Gasteiger partial charge on any atom is 0.270 e. The number of thiazole rings is 1. The van der Waals surface area contributed by atoms with Crippen molar-refractivity contribution in [1.82, 2.24) is 9.47 Å². The number of allylic oxidation sites excluding steroid dienone is 2. The molecule has 1 aliphatic heterocycles. The molecule has 0 atom stereocenters. The van der Waals surface area contributed by atoms with Crippen LogP contribution in [0.15, 0.2) is 75.6 Å². The predicted molar refractivity (Wildman–Crippen MR) is 135 cm³/mol. The predicted octanol–water partition coefficient (Wildman–Crippen LogP) is 4.50. The molecule has 0 unspecified atom stereocenters. The standard InChI is InChI=1S/C25H25N5O3S/c1-28-22-7-2-3-8-23(22)34-25(28)27-26-17-20-10-9-19(24(20)29-11-13-33-14-12-29)15-18-5-4-6-21(16-18)30(31)32/h2-8,15-17H,9-14H2,1H3/b19-15-,26-17?,27-25?. The second-order valence-corrected chi connectivity index (χ2v) is 9.26. The van der Waals surface area contributed by atoms with Gasteiger partial charge in [-0.05, 0) is 47.8 Å². The van der Waals surface area contributed by atoms with Crippen LogP contribution >= 0.6 is 11.3 Å². The SMILES string of the molecule is Cn1c(=NN=CC2=C(N3CCOCC3)/C(=C\c3cccc([N+](=O)[O-])c3)CC2)sc2ccccc21. The van der Waals surface area contributed by atoms with Crippen LogP contribution in [-0.4, -0.2) is 46.9 Å². The Labute approximate surface area is 201 Å². The van der Waals surface area contributed by atoms with Gasteiger partial charge in [0.05, 0.1) is 34.6 Å². The lowest BCUT2D eigenvalue weighted by Gasteiger charge is -2.31. The van der Waals surface area contributed by atoms with E-state index in [9.17, 15) is 10.1 Å². The first-order chi connectivity index (χ1) is 16.6. The zero-order valence-corrected chi connectivity index (χ0v) is 19.7. The van der Waals surface area contributed by atoms with Crippen molar-refractivity contribution in [2.75, 3.05) is 26.3 Å². The quantitative estimate of drug-likeness (QED) is 0.309. The van der Waals surface area contributed by atoms with Crippen molar-refractivity contribution in [3.63, 3.8) is 0 Å². The van der Waals surface area contributed by atoms with Crippen LogP contribution in [0.2, 0.25) is 0 Å². The molecule has 1 aromatic heterocycles. The van der Waals surface area contributed by atoms with Crippen molar-refractivity contribution in [1.29, 1.82) is 0 Å². The summed E-state index contributed by atoms with van der Waals surface area (Å²) in [6.45, 7) is 2.97. The number of non-ortho nitro benzene ring substituents is 1. The first-order valence-corrected chi connectivity index (χ1v) is 12.0. The molecule has 0 amide bonds. The lowest BCUT2D eigenvalue weighted by atomic mass is 10.1. The van der Waals surface area contributed by atoms with Crippen molar-refractivity contribution in [3.05, 3.63) is 85.9 Å². The Balaban J connectivity index is 1.50. The number of nitrogens with zero attached hydrogens (tertiary/aromatic N) is 5. The van der Waals surface area contributed by atoms with Crippen molar-refractivity contribution < 1.29 is 9.66 Å². The average Bonchev–Trinajstić information content (AvgIpc) is 3.40. The molecule has 0 radical (unpaired) electrons. The molecule has 0 saturated carbocycles. The Hall–Kier alpha value is -3.56. The fraction of sp³-hybridized carbons (Fsp3) is 0.280. The van der Waals surface area contributed by atoms with E-state index >= 15 is 0 Å². The van der Waals surface area contributed by atoms with E-state index in [2.05, 4.69) is 37.9 Å². The van der Waals surface area contributed by atoms with E-state index in [1.54, 1.807) is 23.5 Å². The Kier molecular flexibility index (Phi) is 6.37. The highest BCUT2D eigenvalue weighted by Crippen LogP contribution is 2.35. The van der Waals surface area contributed by atoms with E-state index in [1.165, 1.54) is 10.8 Å². The van der Waals surface area contributed by atoms with Gasteiger partial charge in [-0.2, -0.15) is 5.10 Å². The van der Waals surface area contributed by atoms with Crippen molar-refractivity contribution in [3.8, 4) is 0 Å². The Morgan fingerprint density at radius 1 is 1.12 bits per heavy atom. The number of morpholine rings is 1. The molecule has 8 nitrogen and oxygen atoms in total. The van der Waals surface area contributed by atoms with Gasteiger partial charge in [0.15, 0.2) is 0 Å². The molecular formula is C25H25N5O3S. The summed E-state index contributed by atoms with van der Waals surface area (Å²) in [6, 6.07) is 15.0. The molecule has 174 valence electrons. The molecule has 1 aliphatic carbocycles. The van der Waals surface area contributed by atoms with Crippen LogP contribution in [0.1, 0.15) is 18.4 Å². The van der Waals surface area contributed by atoms with Gasteiger partial charge in [0.25, 0.3) is 5.69 Å². The molecular weight excluding hydrogens is 450 g/mol. The van der Waals surface area contributed by atoms with Crippen molar-refractivity contribution in [2.24, 2.45) is 17.3 Å². The molecule has 5 rings (SSSR count). The van der Waals surface area contributed by atoms with E-state index in [-0.39, 0.29) is 10.6 Å². The molecule has 0 N–H and O–H groups in total. The van der Waals surface area contributed by atoms with E-state index in [0.29, 0.717) is 13.2 Å². The molecule has 0 bridgehead atoms. The average molecular weight is 476 g/mol. The maximum atomic E-state index is 11.2. The number of aryl methyl sites for hydroxylation is 1. The topological polar surface area (TPSA) is 85.3 Å². The molecule has 34 heavy (non-hydrogen) atoms. The second-order valence-electron chi connectivity index (χ2n) is 8.25. The van der Waals surface area contributed by atoms with Gasteiger partial charge in [-0.1, -0.05) is 35.6 Å². The fourth-order valence-corrected chi connectivity index (χ4v) is 5.40. The third-order valence-corrected chi connectivity index (χ3v) is 7.20. The van der Waals surface area contributed by atoms with Crippen LogP contribution in [-0.2, 0) is 11.8 Å². The van der Waals surface area contributed by atoms with E-state index in [1.807, 2.05) is 31.5 Å². The van der Waals surface area contributed by atoms with Gasteiger partial charge in [0.1, 0.15) is 0 Å². The Morgan fingerprint density at radius 2 is 1.94 bits per heavy atom. The zero-order chi connectivity index (χ0) is 23.5. The number of hydrogen-bond acceptors (Lipinski definition) is 7. The summed E-state index contributed by atoms with van der Waals surface area (Å²) in [4.78, 5) is 14.0. The molecule has 2 aromatic carbocycles. The molecule has 0 spiro atoms. The number of rotatable bonds is 5. The summed E-state index contributed by atoms with van der Waals surface area (Å²) >= 11 is 1.61. The summed E-state index contributed by atoms with van der Waals surface area (Å²) in [7, 11) is 2.00. The third-order valence-electron chi connectivity index (χ3n) is 6.09. The summed E-state index contributed by atoms with van der Waals surface area (Å²) in [6.07, 6.45) is 5.63. The van der Waals surface area contributed by atoms with Gasteiger partial charge in [-0.25, -0.2) is 0 Å². The smallest absolute Gasteiger partial charge is 0.270 e. The monoisotopic (exact) mass is 475 g/mol. The number of aromatic nitrogens is 1. The van der Waals surface area contributed by atoms with Gasteiger partial charge in [-0.3, -0.25) is 10.1 Å². The normalized spacial score (nSPS) is 18.7. The summed E-state index contributed by atoms with van der Waals surface area (Å²) in [5, 5.41) is 20.2. The highest BCUT2D eigenvalue weighted by Gasteiger charge is 2.25. The molecule has 2 aliphatic rings. The zero-order valence-electron chi connectivity index (χ0n) is 18.9. The van der Waals surface area contributed by atoms with Gasteiger partial charge >= 0.3 is 0 Å². The maximum absolute atomic E-state index is 11.2. The highest BCUT2D eigenvalue weighted by molar-refractivity contribution is 7.16. The number of para-hydroxylation sites is 1. The first-order valence-electron chi connectivity index (χ1n) is 11.2. The fourth-order valence-electron chi connectivity index (χ4n) is 4.43. The number of benzene rings is 2. The number of nitro groups is 1. The molecule has 2 heterocycles. The minimum absolute atomic E-state index is 0.0982. The lowest BCUT2D eigenvalue weighted by Crippen LogP contribution is -2.36. The van der Waals surface area contributed by atoms with Crippen LogP contribution in [0.5, 0.6) is 0 Å². The number of fused-ring (bicyclic) bond motifs is 1. The van der Waals surface area contributed by atoms with Crippen molar-refractivity contribution in [2.45, 2.75) is 12.8 Å². The lowest BCUT2D eigenvalue weighted by molar-refractivity contribution is -0.384. The largest absolute Gasteiger partial charge is 0.378 e. The van der Waals surface area contributed by atoms with Gasteiger partial charge in [-0.15, -0.1) is 5.10 Å². The first kappa shape index (κ1) is 22.2. The highest BCUT2D eigenvalue weighted by atomic mass is 32.1. The van der Waals surface area contributed by atoms with Crippen LogP contribution in [0.25, 0.3) is 16.3 Å². The number of ether oxygens (including phenoxy) is 1.